The molecule has 1 fully saturated rings. The fourth-order valence-electron chi connectivity index (χ4n) is 1.82. The highest BCUT2D eigenvalue weighted by Crippen LogP contribution is 2.31. The van der Waals surface area contributed by atoms with Crippen molar-refractivity contribution in [2.75, 3.05) is 6.54 Å². The number of amidine groups is 1. The molecular weight excluding hydrogens is 136 g/mol. The predicted molar refractivity (Wildman–Crippen MR) is 46.9 cm³/mol. The Hall–Kier alpha value is -0.530. The molecule has 0 radical (unpaired) electrons. The van der Waals surface area contributed by atoms with Crippen LogP contribution >= 0.6 is 0 Å². The van der Waals surface area contributed by atoms with Crippen LogP contribution in [0, 0.1) is 0 Å². The van der Waals surface area contributed by atoms with Gasteiger partial charge in [-0.3, -0.25) is 4.99 Å². The first-order valence-electron chi connectivity index (χ1n) is 4.60. The van der Waals surface area contributed by atoms with E-state index < -0.39 is 0 Å². The molecule has 1 heterocycles. The maximum absolute atomic E-state index is 4.41. The number of aliphatic imine (C=N–C) groups is 1. The quantitative estimate of drug-likeness (QED) is 0.607. The van der Waals surface area contributed by atoms with E-state index in [0.29, 0.717) is 5.54 Å². The largest absolute Gasteiger partial charge is 0.369 e. The molecule has 0 amide bonds. The van der Waals surface area contributed by atoms with Gasteiger partial charge in [0.1, 0.15) is 0 Å². The lowest BCUT2D eigenvalue weighted by Crippen LogP contribution is -2.50. The summed E-state index contributed by atoms with van der Waals surface area (Å²) in [6.45, 7) is 3.34. The fraction of sp³-hybridized carbons (Fsp3) is 0.889. The van der Waals surface area contributed by atoms with Gasteiger partial charge in [0.15, 0.2) is 0 Å². The highest BCUT2D eigenvalue weighted by molar-refractivity contribution is 5.84. The van der Waals surface area contributed by atoms with Gasteiger partial charge in [0.05, 0.1) is 5.84 Å². The molecule has 1 aliphatic heterocycles. The topological polar surface area (TPSA) is 24.4 Å². The summed E-state index contributed by atoms with van der Waals surface area (Å²) in [5, 5.41) is 3.54. The first-order valence-corrected chi connectivity index (χ1v) is 4.60. The van der Waals surface area contributed by atoms with Crippen molar-refractivity contribution in [1.29, 1.82) is 0 Å². The maximum Gasteiger partial charge on any atom is 0.0967 e. The molecule has 2 heteroatoms. The summed E-state index contributed by atoms with van der Waals surface area (Å²) in [5.41, 5.74) is 0.406. The van der Waals surface area contributed by atoms with E-state index >= 15 is 0 Å². The molecule has 0 spiro atoms. The smallest absolute Gasteiger partial charge is 0.0967 e. The molecule has 1 aliphatic carbocycles. The van der Waals surface area contributed by atoms with Crippen molar-refractivity contribution in [2.24, 2.45) is 4.99 Å². The van der Waals surface area contributed by atoms with Gasteiger partial charge in [-0.1, -0.05) is 0 Å². The third kappa shape index (κ3) is 1.39. The second-order valence-corrected chi connectivity index (χ2v) is 3.97. The Morgan fingerprint density at radius 3 is 2.64 bits per heavy atom. The Morgan fingerprint density at radius 2 is 2.18 bits per heavy atom. The first-order chi connectivity index (χ1) is 5.29. The van der Waals surface area contributed by atoms with Gasteiger partial charge in [-0.2, -0.15) is 0 Å². The molecule has 0 bridgehead atoms. The van der Waals surface area contributed by atoms with Crippen LogP contribution in [0.3, 0.4) is 0 Å². The second kappa shape index (κ2) is 2.50. The van der Waals surface area contributed by atoms with Crippen LogP contribution in [0.4, 0.5) is 0 Å². The summed E-state index contributed by atoms with van der Waals surface area (Å²) in [6, 6.07) is 0. The summed E-state index contributed by atoms with van der Waals surface area (Å²) >= 11 is 0. The first kappa shape index (κ1) is 7.14. The summed E-state index contributed by atoms with van der Waals surface area (Å²) in [6.07, 6.45) is 6.46. The number of rotatable bonds is 1. The summed E-state index contributed by atoms with van der Waals surface area (Å²) in [7, 11) is 0. The minimum Gasteiger partial charge on any atom is -0.369 e. The van der Waals surface area contributed by atoms with Gasteiger partial charge in [0.2, 0.25) is 0 Å². The van der Waals surface area contributed by atoms with Crippen molar-refractivity contribution in [3.63, 3.8) is 0 Å². The van der Waals surface area contributed by atoms with Crippen molar-refractivity contribution in [2.45, 2.75) is 44.6 Å². The molecule has 0 aromatic carbocycles. The Morgan fingerprint density at radius 1 is 1.36 bits per heavy atom. The lowest BCUT2D eigenvalue weighted by atomic mass is 9.78. The lowest BCUT2D eigenvalue weighted by molar-refractivity contribution is 0.243. The molecule has 2 rings (SSSR count). The van der Waals surface area contributed by atoms with Gasteiger partial charge in [-0.15, -0.1) is 0 Å². The van der Waals surface area contributed by atoms with Crippen molar-refractivity contribution in [1.82, 2.24) is 5.32 Å². The van der Waals surface area contributed by atoms with Crippen molar-refractivity contribution >= 4 is 5.84 Å². The molecule has 0 unspecified atom stereocenters. The van der Waals surface area contributed by atoms with Crippen LogP contribution in [-0.2, 0) is 0 Å². The van der Waals surface area contributed by atoms with Gasteiger partial charge in [-0.05, 0) is 32.6 Å². The Labute approximate surface area is 68.1 Å². The van der Waals surface area contributed by atoms with Gasteiger partial charge in [0, 0.05) is 18.5 Å². The Balaban J connectivity index is 1.88. The molecule has 1 N–H and O–H groups in total. The zero-order valence-electron chi connectivity index (χ0n) is 7.19. The number of hydrogen-bond donors (Lipinski definition) is 1. The molecular formula is C9H16N2. The molecule has 2 nitrogen and oxygen atoms in total. The Kier molecular flexibility index (Phi) is 1.63. The van der Waals surface area contributed by atoms with Crippen molar-refractivity contribution < 1.29 is 0 Å². The van der Waals surface area contributed by atoms with E-state index in [1.165, 1.54) is 37.9 Å². The highest BCUT2D eigenvalue weighted by Gasteiger charge is 2.32. The second-order valence-electron chi connectivity index (χ2n) is 3.97. The van der Waals surface area contributed by atoms with Gasteiger partial charge >= 0.3 is 0 Å². The van der Waals surface area contributed by atoms with E-state index in [4.69, 9.17) is 0 Å². The minimum absolute atomic E-state index is 0.406. The fourth-order valence-corrected chi connectivity index (χ4v) is 1.82. The average molecular weight is 152 g/mol. The van der Waals surface area contributed by atoms with Crippen molar-refractivity contribution in [3.8, 4) is 0 Å². The number of nitrogens with one attached hydrogen (secondary N) is 1. The van der Waals surface area contributed by atoms with Crippen LogP contribution in [-0.4, -0.2) is 17.9 Å². The molecule has 0 atom stereocenters. The molecule has 1 saturated carbocycles. The maximum atomic E-state index is 4.41. The number of hydrogen-bond acceptors (Lipinski definition) is 2. The molecule has 2 aliphatic rings. The van der Waals surface area contributed by atoms with Crippen LogP contribution in [0.2, 0.25) is 0 Å². The minimum atomic E-state index is 0.406. The number of nitrogens with zero attached hydrogens (tertiary/aromatic N) is 1. The molecule has 0 saturated heterocycles. The van der Waals surface area contributed by atoms with Crippen molar-refractivity contribution in [3.05, 3.63) is 0 Å². The zero-order valence-corrected chi connectivity index (χ0v) is 7.19. The highest BCUT2D eigenvalue weighted by atomic mass is 15.1. The van der Waals surface area contributed by atoms with Gasteiger partial charge in [-0.25, -0.2) is 0 Å². The van der Waals surface area contributed by atoms with E-state index in [1.54, 1.807) is 0 Å². The zero-order chi connectivity index (χ0) is 7.73. The van der Waals surface area contributed by atoms with E-state index in [-0.39, 0.29) is 0 Å². The van der Waals surface area contributed by atoms with Crippen LogP contribution < -0.4 is 5.32 Å². The van der Waals surface area contributed by atoms with Crippen LogP contribution in [0.15, 0.2) is 4.99 Å². The molecule has 0 aromatic rings. The third-order valence-corrected chi connectivity index (χ3v) is 2.78. The van der Waals surface area contributed by atoms with Crippen LogP contribution in [0.25, 0.3) is 0 Å². The van der Waals surface area contributed by atoms with E-state index in [0.717, 1.165) is 6.54 Å². The average Bonchev–Trinajstić information content (AvgIpc) is 2.36. The standard InChI is InChI=1S/C9H16N2/c1-9(5-3-6-9)11-8-4-2-7-10-8/h2-7H2,1H3,(H,10,11). The van der Waals surface area contributed by atoms with E-state index in [2.05, 4.69) is 17.2 Å². The molecule has 11 heavy (non-hydrogen) atoms. The van der Waals surface area contributed by atoms with Crippen LogP contribution in [0.1, 0.15) is 39.0 Å². The molecule has 62 valence electrons. The lowest BCUT2D eigenvalue weighted by Gasteiger charge is -2.40. The third-order valence-electron chi connectivity index (χ3n) is 2.78. The molecule has 0 aromatic heterocycles. The Bertz CT molecular complexity index is 180. The summed E-state index contributed by atoms with van der Waals surface area (Å²) in [5.74, 6) is 1.26. The summed E-state index contributed by atoms with van der Waals surface area (Å²) < 4.78 is 0. The monoisotopic (exact) mass is 152 g/mol. The van der Waals surface area contributed by atoms with Gasteiger partial charge in [0.25, 0.3) is 0 Å². The van der Waals surface area contributed by atoms with E-state index in [1.807, 2.05) is 0 Å². The summed E-state index contributed by atoms with van der Waals surface area (Å²) in [4.78, 5) is 4.41. The normalized spacial score (nSPS) is 27.5. The predicted octanol–water partition coefficient (Wildman–Crippen LogP) is 1.71. The van der Waals surface area contributed by atoms with E-state index in [9.17, 15) is 0 Å². The SMILES string of the molecule is CC1(NC2=NCCC2)CCC1. The van der Waals surface area contributed by atoms with Gasteiger partial charge < -0.3 is 5.32 Å². The van der Waals surface area contributed by atoms with Crippen LogP contribution in [0.5, 0.6) is 0 Å².